The van der Waals surface area contributed by atoms with Crippen LogP contribution in [0.15, 0.2) is 22.1 Å². The van der Waals surface area contributed by atoms with Crippen LogP contribution >= 0.6 is 27.3 Å². The molecule has 16 heavy (non-hydrogen) atoms. The Morgan fingerprint density at radius 1 is 1.50 bits per heavy atom. The summed E-state index contributed by atoms with van der Waals surface area (Å²) in [5, 5.41) is 0. The second-order valence-electron chi connectivity index (χ2n) is 4.34. The zero-order chi connectivity index (χ0) is 11.8. The zero-order valence-corrected chi connectivity index (χ0v) is 11.7. The van der Waals surface area contributed by atoms with E-state index in [-0.39, 0.29) is 5.41 Å². The van der Waals surface area contributed by atoms with Gasteiger partial charge in [0.05, 0.1) is 20.6 Å². The standard InChI is InChI=1S/C11H14BrN3S/c1-11(2,6-13)10-14-5-7(15-10)8-3-4-9(12)16-8/h3-5H,6,13H2,1-2H3,(H,14,15). The third kappa shape index (κ3) is 2.21. The molecular formula is C11H14BrN3S. The van der Waals surface area contributed by atoms with Gasteiger partial charge in [-0.05, 0) is 28.1 Å². The highest BCUT2D eigenvalue weighted by molar-refractivity contribution is 9.11. The SMILES string of the molecule is CC(C)(CN)c1ncc(-c2ccc(Br)s2)[nH]1. The van der Waals surface area contributed by atoms with Crippen LogP contribution < -0.4 is 5.73 Å². The highest BCUT2D eigenvalue weighted by Gasteiger charge is 2.22. The largest absolute Gasteiger partial charge is 0.341 e. The van der Waals surface area contributed by atoms with E-state index in [9.17, 15) is 0 Å². The van der Waals surface area contributed by atoms with Gasteiger partial charge in [0.15, 0.2) is 0 Å². The van der Waals surface area contributed by atoms with Crippen LogP contribution in [0.1, 0.15) is 19.7 Å². The van der Waals surface area contributed by atoms with Crippen LogP contribution in [0.3, 0.4) is 0 Å². The number of rotatable bonds is 3. The molecule has 3 nitrogen and oxygen atoms in total. The maximum Gasteiger partial charge on any atom is 0.113 e. The summed E-state index contributed by atoms with van der Waals surface area (Å²) >= 11 is 5.14. The van der Waals surface area contributed by atoms with Gasteiger partial charge in [-0.3, -0.25) is 0 Å². The van der Waals surface area contributed by atoms with Gasteiger partial charge in [0.1, 0.15) is 5.82 Å². The second-order valence-corrected chi connectivity index (χ2v) is 6.80. The molecule has 0 fully saturated rings. The zero-order valence-electron chi connectivity index (χ0n) is 9.25. The molecule has 0 bridgehead atoms. The molecular weight excluding hydrogens is 286 g/mol. The van der Waals surface area contributed by atoms with Crippen LogP contribution in [0.5, 0.6) is 0 Å². The van der Waals surface area contributed by atoms with E-state index in [0.29, 0.717) is 6.54 Å². The van der Waals surface area contributed by atoms with Crippen molar-refractivity contribution in [1.29, 1.82) is 0 Å². The van der Waals surface area contributed by atoms with Crippen molar-refractivity contribution in [3.05, 3.63) is 27.9 Å². The lowest BCUT2D eigenvalue weighted by Crippen LogP contribution is -2.29. The minimum Gasteiger partial charge on any atom is -0.341 e. The number of hydrogen-bond donors (Lipinski definition) is 2. The fraction of sp³-hybridized carbons (Fsp3) is 0.364. The topological polar surface area (TPSA) is 54.7 Å². The van der Waals surface area contributed by atoms with Crippen LogP contribution in [0.4, 0.5) is 0 Å². The summed E-state index contributed by atoms with van der Waals surface area (Å²) in [4.78, 5) is 8.91. The number of nitrogens with two attached hydrogens (primary N) is 1. The van der Waals surface area contributed by atoms with Gasteiger partial charge in [0, 0.05) is 12.0 Å². The molecule has 0 radical (unpaired) electrons. The molecule has 0 aromatic carbocycles. The summed E-state index contributed by atoms with van der Waals surface area (Å²) in [6.45, 7) is 4.74. The fourth-order valence-corrected chi connectivity index (χ4v) is 2.70. The second kappa shape index (κ2) is 4.31. The first kappa shape index (κ1) is 11.8. The molecule has 2 rings (SSSR count). The molecule has 0 atom stereocenters. The van der Waals surface area contributed by atoms with E-state index in [4.69, 9.17) is 5.73 Å². The Bertz CT molecular complexity index is 487. The van der Waals surface area contributed by atoms with Gasteiger partial charge in [-0.15, -0.1) is 11.3 Å². The maximum absolute atomic E-state index is 5.73. The molecule has 0 aliphatic rings. The number of nitrogens with zero attached hydrogens (tertiary/aromatic N) is 1. The molecule has 0 aliphatic carbocycles. The molecule has 2 heterocycles. The lowest BCUT2D eigenvalue weighted by atomic mass is 9.93. The fourth-order valence-electron chi connectivity index (χ4n) is 1.35. The van der Waals surface area contributed by atoms with Crippen molar-refractivity contribution in [2.24, 2.45) is 5.73 Å². The molecule has 86 valence electrons. The first-order chi connectivity index (χ1) is 7.53. The summed E-state index contributed by atoms with van der Waals surface area (Å²) in [5.41, 5.74) is 6.67. The van der Waals surface area contributed by atoms with E-state index in [0.717, 1.165) is 15.3 Å². The predicted molar refractivity (Wildman–Crippen MR) is 71.7 cm³/mol. The Morgan fingerprint density at radius 3 is 2.81 bits per heavy atom. The van der Waals surface area contributed by atoms with Crippen molar-refractivity contribution in [1.82, 2.24) is 9.97 Å². The number of hydrogen-bond acceptors (Lipinski definition) is 3. The molecule has 2 aromatic heterocycles. The molecule has 0 spiro atoms. The van der Waals surface area contributed by atoms with Crippen LogP contribution in [-0.4, -0.2) is 16.5 Å². The van der Waals surface area contributed by atoms with Gasteiger partial charge < -0.3 is 10.7 Å². The Morgan fingerprint density at radius 2 is 2.25 bits per heavy atom. The summed E-state index contributed by atoms with van der Waals surface area (Å²) in [6, 6.07) is 4.11. The van der Waals surface area contributed by atoms with E-state index < -0.39 is 0 Å². The molecule has 0 saturated carbocycles. The number of thiophene rings is 1. The van der Waals surface area contributed by atoms with Crippen LogP contribution in [-0.2, 0) is 5.41 Å². The Balaban J connectivity index is 2.33. The quantitative estimate of drug-likeness (QED) is 0.915. The average Bonchev–Trinajstić information content (AvgIpc) is 2.85. The summed E-state index contributed by atoms with van der Waals surface area (Å²) in [7, 11) is 0. The van der Waals surface area contributed by atoms with Crippen LogP contribution in [0.25, 0.3) is 10.6 Å². The van der Waals surface area contributed by atoms with E-state index in [1.807, 2.05) is 12.3 Å². The highest BCUT2D eigenvalue weighted by Crippen LogP contribution is 2.31. The van der Waals surface area contributed by atoms with Crippen molar-refractivity contribution < 1.29 is 0 Å². The molecule has 0 saturated heterocycles. The van der Waals surface area contributed by atoms with Gasteiger partial charge in [-0.25, -0.2) is 4.98 Å². The molecule has 2 aromatic rings. The number of nitrogens with one attached hydrogen (secondary N) is 1. The van der Waals surface area contributed by atoms with E-state index in [2.05, 4.69) is 45.8 Å². The Labute approximate surface area is 107 Å². The first-order valence-electron chi connectivity index (χ1n) is 5.04. The van der Waals surface area contributed by atoms with Crippen molar-refractivity contribution in [3.8, 4) is 10.6 Å². The van der Waals surface area contributed by atoms with Gasteiger partial charge >= 0.3 is 0 Å². The van der Waals surface area contributed by atoms with Gasteiger partial charge in [-0.2, -0.15) is 0 Å². The van der Waals surface area contributed by atoms with Gasteiger partial charge in [0.2, 0.25) is 0 Å². The van der Waals surface area contributed by atoms with Crippen molar-refractivity contribution >= 4 is 27.3 Å². The number of H-pyrrole nitrogens is 1. The molecule has 0 unspecified atom stereocenters. The van der Waals surface area contributed by atoms with Crippen molar-refractivity contribution in [2.75, 3.05) is 6.54 Å². The monoisotopic (exact) mass is 299 g/mol. The lowest BCUT2D eigenvalue weighted by molar-refractivity contribution is 0.508. The first-order valence-corrected chi connectivity index (χ1v) is 6.65. The predicted octanol–water partition coefficient (Wildman–Crippen LogP) is 3.14. The Kier molecular flexibility index (Phi) is 3.19. The van der Waals surface area contributed by atoms with Crippen LogP contribution in [0, 0.1) is 0 Å². The smallest absolute Gasteiger partial charge is 0.113 e. The van der Waals surface area contributed by atoms with Crippen molar-refractivity contribution in [3.63, 3.8) is 0 Å². The highest BCUT2D eigenvalue weighted by atomic mass is 79.9. The van der Waals surface area contributed by atoms with E-state index in [1.165, 1.54) is 4.88 Å². The number of halogens is 1. The van der Waals surface area contributed by atoms with Crippen molar-refractivity contribution in [2.45, 2.75) is 19.3 Å². The number of imidazole rings is 1. The summed E-state index contributed by atoms with van der Waals surface area (Å²) in [5.74, 6) is 0.939. The summed E-state index contributed by atoms with van der Waals surface area (Å²) in [6.07, 6.45) is 1.87. The minimum atomic E-state index is -0.104. The van der Waals surface area contributed by atoms with E-state index in [1.54, 1.807) is 11.3 Å². The molecule has 3 N–H and O–H groups in total. The molecule has 0 aliphatic heterocycles. The molecule has 5 heteroatoms. The summed E-state index contributed by atoms with van der Waals surface area (Å²) < 4.78 is 1.12. The Hall–Kier alpha value is -0.650. The molecule has 0 amide bonds. The van der Waals surface area contributed by atoms with Gasteiger partial charge in [-0.1, -0.05) is 13.8 Å². The van der Waals surface area contributed by atoms with Crippen LogP contribution in [0.2, 0.25) is 0 Å². The van der Waals surface area contributed by atoms with E-state index >= 15 is 0 Å². The maximum atomic E-state index is 5.73. The minimum absolute atomic E-state index is 0.104. The normalized spacial score (nSPS) is 12.0. The number of aromatic amines is 1. The lowest BCUT2D eigenvalue weighted by Gasteiger charge is -2.18. The van der Waals surface area contributed by atoms with Gasteiger partial charge in [0.25, 0.3) is 0 Å². The third-order valence-electron chi connectivity index (χ3n) is 2.57. The third-order valence-corrected chi connectivity index (χ3v) is 4.22. The number of aromatic nitrogens is 2. The average molecular weight is 300 g/mol.